The number of aromatic nitrogens is 1. The number of pyridine rings is 1. The van der Waals surface area contributed by atoms with Gasteiger partial charge in [0.25, 0.3) is 15.6 Å². The van der Waals surface area contributed by atoms with Crippen molar-refractivity contribution in [3.63, 3.8) is 0 Å². The Morgan fingerprint density at radius 1 is 1.29 bits per heavy atom. The van der Waals surface area contributed by atoms with Gasteiger partial charge in [0.2, 0.25) is 11.9 Å². The standard InChI is InChI=1S/C19H24N6O5S/c1-3-13-4-6-15(7-5-13)31(28,29)25-17-14(10-12(2)23-18(17)27)11-16(26)22-8-9-30-24-19(20)21/h3-7,10,25H,1,8-9,11H2,2H3,(H,22,26)(H,23,27)(H4,20,21,24). The van der Waals surface area contributed by atoms with Crippen LogP contribution in [0.3, 0.4) is 0 Å². The van der Waals surface area contributed by atoms with Crippen LogP contribution in [0.25, 0.3) is 6.08 Å². The fraction of sp³-hybridized carbons (Fsp3) is 0.211. The van der Waals surface area contributed by atoms with Crippen molar-refractivity contribution < 1.29 is 18.0 Å². The van der Waals surface area contributed by atoms with Gasteiger partial charge in [0.1, 0.15) is 12.3 Å². The quantitative estimate of drug-likeness (QED) is 0.147. The fourth-order valence-electron chi connectivity index (χ4n) is 2.58. The molecule has 7 N–H and O–H groups in total. The lowest BCUT2D eigenvalue weighted by molar-refractivity contribution is -0.120. The number of oxime groups is 1. The molecule has 1 aromatic carbocycles. The van der Waals surface area contributed by atoms with E-state index in [1.54, 1.807) is 25.1 Å². The lowest BCUT2D eigenvalue weighted by atomic mass is 10.1. The van der Waals surface area contributed by atoms with E-state index in [-0.39, 0.29) is 41.7 Å². The predicted octanol–water partition coefficient (Wildman–Crippen LogP) is -0.00918. The van der Waals surface area contributed by atoms with Gasteiger partial charge in [-0.05, 0) is 41.4 Å². The van der Waals surface area contributed by atoms with Crippen LogP contribution in [0.2, 0.25) is 0 Å². The number of aromatic amines is 1. The molecule has 0 bridgehead atoms. The summed E-state index contributed by atoms with van der Waals surface area (Å²) in [5.74, 6) is -0.699. The lowest BCUT2D eigenvalue weighted by Crippen LogP contribution is -2.30. The van der Waals surface area contributed by atoms with Crippen molar-refractivity contribution in [3.05, 3.63) is 64.1 Å². The van der Waals surface area contributed by atoms with Crippen LogP contribution in [0.1, 0.15) is 16.8 Å². The molecule has 0 aliphatic carbocycles. The van der Waals surface area contributed by atoms with Crippen molar-refractivity contribution in [2.45, 2.75) is 18.2 Å². The van der Waals surface area contributed by atoms with Crippen LogP contribution in [-0.2, 0) is 26.1 Å². The summed E-state index contributed by atoms with van der Waals surface area (Å²) in [5.41, 5.74) is 10.8. The number of nitrogens with two attached hydrogens (primary N) is 2. The van der Waals surface area contributed by atoms with Crippen molar-refractivity contribution in [1.29, 1.82) is 0 Å². The summed E-state index contributed by atoms with van der Waals surface area (Å²) in [6, 6.07) is 7.48. The number of hydrogen-bond acceptors (Lipinski definition) is 6. The van der Waals surface area contributed by atoms with E-state index in [4.69, 9.17) is 16.3 Å². The molecule has 31 heavy (non-hydrogen) atoms. The van der Waals surface area contributed by atoms with Crippen LogP contribution in [0, 0.1) is 6.92 Å². The highest BCUT2D eigenvalue weighted by Crippen LogP contribution is 2.18. The Hall–Kier alpha value is -3.80. The molecule has 0 spiro atoms. The number of nitrogens with one attached hydrogen (secondary N) is 3. The van der Waals surface area contributed by atoms with Crippen molar-refractivity contribution in [2.24, 2.45) is 16.6 Å². The van der Waals surface area contributed by atoms with Crippen LogP contribution >= 0.6 is 0 Å². The highest BCUT2D eigenvalue weighted by molar-refractivity contribution is 7.92. The lowest BCUT2D eigenvalue weighted by Gasteiger charge is -2.13. The maximum absolute atomic E-state index is 12.7. The minimum absolute atomic E-state index is 0.0260. The molecule has 0 saturated heterocycles. The number of carbonyl (C=O) groups excluding carboxylic acids is 1. The van der Waals surface area contributed by atoms with Crippen molar-refractivity contribution >= 4 is 33.7 Å². The minimum Gasteiger partial charge on any atom is -0.391 e. The maximum Gasteiger partial charge on any atom is 0.272 e. The maximum atomic E-state index is 12.7. The second-order valence-electron chi connectivity index (χ2n) is 6.44. The molecule has 12 heteroatoms. The molecule has 0 saturated carbocycles. The third kappa shape index (κ3) is 6.89. The first kappa shape index (κ1) is 23.5. The molecular weight excluding hydrogens is 424 g/mol. The zero-order chi connectivity index (χ0) is 23.0. The number of H-pyrrole nitrogens is 1. The molecule has 2 rings (SSSR count). The Kier molecular flexibility index (Phi) is 7.80. The van der Waals surface area contributed by atoms with Crippen molar-refractivity contribution in [1.82, 2.24) is 10.3 Å². The molecular formula is C19H24N6O5S. The largest absolute Gasteiger partial charge is 0.391 e. The first-order valence-corrected chi connectivity index (χ1v) is 10.6. The molecule has 2 aromatic rings. The molecule has 11 nitrogen and oxygen atoms in total. The van der Waals surface area contributed by atoms with Gasteiger partial charge >= 0.3 is 0 Å². The van der Waals surface area contributed by atoms with E-state index in [0.29, 0.717) is 5.69 Å². The molecule has 0 fully saturated rings. The highest BCUT2D eigenvalue weighted by Gasteiger charge is 2.20. The third-order valence-corrected chi connectivity index (χ3v) is 5.31. The van der Waals surface area contributed by atoms with E-state index in [9.17, 15) is 18.0 Å². The molecule has 0 radical (unpaired) electrons. The zero-order valence-electron chi connectivity index (χ0n) is 16.8. The average Bonchev–Trinajstić information content (AvgIpc) is 2.70. The van der Waals surface area contributed by atoms with Crippen LogP contribution < -0.4 is 27.1 Å². The zero-order valence-corrected chi connectivity index (χ0v) is 17.7. The number of aryl methyl sites for hydroxylation is 1. The second-order valence-corrected chi connectivity index (χ2v) is 8.12. The highest BCUT2D eigenvalue weighted by atomic mass is 32.2. The molecule has 1 aromatic heterocycles. The van der Waals surface area contributed by atoms with Crippen molar-refractivity contribution in [2.75, 3.05) is 17.9 Å². The Bertz CT molecular complexity index is 1140. The monoisotopic (exact) mass is 448 g/mol. The van der Waals surface area contributed by atoms with Gasteiger partial charge in [-0.1, -0.05) is 24.8 Å². The number of rotatable bonds is 10. The van der Waals surface area contributed by atoms with Gasteiger partial charge in [-0.2, -0.15) is 0 Å². The van der Waals surface area contributed by atoms with E-state index >= 15 is 0 Å². The van der Waals surface area contributed by atoms with E-state index in [0.717, 1.165) is 5.56 Å². The van der Waals surface area contributed by atoms with E-state index in [1.165, 1.54) is 18.2 Å². The van der Waals surface area contributed by atoms with Crippen molar-refractivity contribution in [3.8, 4) is 0 Å². The first-order valence-electron chi connectivity index (χ1n) is 9.08. The van der Waals surface area contributed by atoms with E-state index in [2.05, 4.69) is 26.8 Å². The molecule has 0 unspecified atom stereocenters. The molecule has 0 aliphatic rings. The SMILES string of the molecule is C=Cc1ccc(S(=O)(=O)Nc2c(CC(=O)NCCON=C(N)N)cc(C)[nH]c2=O)cc1. The van der Waals surface area contributed by atoms with Gasteiger partial charge in [-0.3, -0.25) is 14.3 Å². The molecule has 0 atom stereocenters. The summed E-state index contributed by atoms with van der Waals surface area (Å²) >= 11 is 0. The van der Waals surface area contributed by atoms with Gasteiger partial charge in [0.05, 0.1) is 17.9 Å². The minimum atomic E-state index is -4.06. The smallest absolute Gasteiger partial charge is 0.272 e. The van der Waals surface area contributed by atoms with Crippen LogP contribution in [0.15, 0.2) is 51.8 Å². The Balaban J connectivity index is 2.18. The van der Waals surface area contributed by atoms with E-state index in [1.807, 2.05) is 0 Å². The third-order valence-electron chi connectivity index (χ3n) is 3.95. The summed E-state index contributed by atoms with van der Waals surface area (Å²) in [7, 11) is -4.06. The number of sulfonamides is 1. The van der Waals surface area contributed by atoms with Crippen LogP contribution in [-0.4, -0.2) is 38.4 Å². The summed E-state index contributed by atoms with van der Waals surface area (Å²) in [4.78, 5) is 31.9. The van der Waals surface area contributed by atoms with Gasteiger partial charge in [-0.15, -0.1) is 0 Å². The number of guanidine groups is 1. The number of hydrogen-bond donors (Lipinski definition) is 5. The number of carbonyl (C=O) groups is 1. The molecule has 1 amide bonds. The number of amides is 1. The van der Waals surface area contributed by atoms with E-state index < -0.39 is 21.5 Å². The number of benzene rings is 1. The predicted molar refractivity (Wildman–Crippen MR) is 118 cm³/mol. The van der Waals surface area contributed by atoms with Gasteiger partial charge < -0.3 is 26.6 Å². The van der Waals surface area contributed by atoms with Crippen LogP contribution in [0.5, 0.6) is 0 Å². The number of anilines is 1. The normalized spacial score (nSPS) is 10.7. The summed E-state index contributed by atoms with van der Waals surface area (Å²) in [5, 5.41) is 5.88. The molecule has 0 aliphatic heterocycles. The topological polar surface area (TPSA) is 182 Å². The second kappa shape index (κ2) is 10.3. The average molecular weight is 449 g/mol. The fourth-order valence-corrected chi connectivity index (χ4v) is 3.68. The van der Waals surface area contributed by atoms with Crippen LogP contribution in [0.4, 0.5) is 5.69 Å². The molecule has 1 heterocycles. The number of nitrogens with zero attached hydrogens (tertiary/aromatic N) is 1. The van der Waals surface area contributed by atoms with Gasteiger partial charge in [-0.25, -0.2) is 8.42 Å². The van der Waals surface area contributed by atoms with Gasteiger partial charge in [0.15, 0.2) is 0 Å². The summed E-state index contributed by atoms with van der Waals surface area (Å²) in [6.45, 7) is 5.37. The first-order chi connectivity index (χ1) is 14.6. The van der Waals surface area contributed by atoms with Gasteiger partial charge in [0, 0.05) is 5.69 Å². The Morgan fingerprint density at radius 3 is 2.58 bits per heavy atom. The summed E-state index contributed by atoms with van der Waals surface area (Å²) in [6.07, 6.45) is 1.34. The summed E-state index contributed by atoms with van der Waals surface area (Å²) < 4.78 is 27.8. The Morgan fingerprint density at radius 2 is 1.97 bits per heavy atom. The molecule has 166 valence electrons. The Labute approximate surface area is 179 Å².